The van der Waals surface area contributed by atoms with Crippen molar-refractivity contribution in [2.24, 2.45) is 23.5 Å². The van der Waals surface area contributed by atoms with Crippen molar-refractivity contribution in [2.45, 2.75) is 40.5 Å². The summed E-state index contributed by atoms with van der Waals surface area (Å²) >= 11 is 0. The molecule has 1 fully saturated rings. The summed E-state index contributed by atoms with van der Waals surface area (Å²) in [5, 5.41) is 0. The van der Waals surface area contributed by atoms with E-state index in [0.717, 1.165) is 18.3 Å². The molecule has 1 heterocycles. The second-order valence-corrected chi connectivity index (χ2v) is 4.99. The highest BCUT2D eigenvalue weighted by atomic mass is 16.5. The van der Waals surface area contributed by atoms with Crippen LogP contribution in [0.4, 0.5) is 0 Å². The van der Waals surface area contributed by atoms with Crippen LogP contribution in [0.25, 0.3) is 0 Å². The molecule has 0 aromatic rings. The van der Waals surface area contributed by atoms with Crippen LogP contribution in [0.5, 0.6) is 0 Å². The lowest BCUT2D eigenvalue weighted by molar-refractivity contribution is -0.121. The third kappa shape index (κ3) is 8.43. The van der Waals surface area contributed by atoms with Gasteiger partial charge >= 0.3 is 0 Å². The van der Waals surface area contributed by atoms with Crippen molar-refractivity contribution < 1.29 is 9.53 Å². The molecule has 0 bridgehead atoms. The van der Waals surface area contributed by atoms with Gasteiger partial charge in [-0.1, -0.05) is 27.7 Å². The minimum atomic E-state index is -0.234. The monoisotopic (exact) mass is 215 g/mol. The van der Waals surface area contributed by atoms with Crippen molar-refractivity contribution in [2.75, 3.05) is 13.2 Å². The summed E-state index contributed by atoms with van der Waals surface area (Å²) in [6.07, 6.45) is 2.16. The Kier molecular flexibility index (Phi) is 7.39. The van der Waals surface area contributed by atoms with Crippen LogP contribution < -0.4 is 5.73 Å². The molecule has 1 unspecified atom stereocenters. The van der Waals surface area contributed by atoms with E-state index in [0.29, 0.717) is 13.2 Å². The molecule has 3 heteroatoms. The Bertz CT molecular complexity index is 166. The van der Waals surface area contributed by atoms with E-state index in [4.69, 9.17) is 10.5 Å². The molecule has 1 aliphatic rings. The van der Waals surface area contributed by atoms with E-state index in [1.54, 1.807) is 0 Å². The standard InChI is InChI=1S/C7H16.C5H9NO2/c1-6(2)5-7(3)4;6-5(7)4-1-2-8-3-4/h6-7H,5H2,1-4H3;4H,1-3H2,(H2,6,7). The maximum absolute atomic E-state index is 10.3. The lowest BCUT2D eigenvalue weighted by Crippen LogP contribution is -2.22. The summed E-state index contributed by atoms with van der Waals surface area (Å²) in [7, 11) is 0. The number of rotatable bonds is 3. The minimum Gasteiger partial charge on any atom is -0.381 e. The molecule has 3 nitrogen and oxygen atoms in total. The largest absolute Gasteiger partial charge is 0.381 e. The summed E-state index contributed by atoms with van der Waals surface area (Å²) in [4.78, 5) is 10.3. The Morgan fingerprint density at radius 2 is 1.87 bits per heavy atom. The van der Waals surface area contributed by atoms with Crippen LogP contribution in [0.1, 0.15) is 40.5 Å². The predicted octanol–water partition coefficient (Wildman–Crippen LogP) is 2.20. The van der Waals surface area contributed by atoms with Crippen molar-refractivity contribution in [3.8, 4) is 0 Å². The topological polar surface area (TPSA) is 52.3 Å². The summed E-state index contributed by atoms with van der Waals surface area (Å²) in [5.74, 6) is 1.50. The predicted molar refractivity (Wildman–Crippen MR) is 62.4 cm³/mol. The zero-order valence-corrected chi connectivity index (χ0v) is 10.5. The normalized spacial score (nSPS) is 20.3. The average molecular weight is 215 g/mol. The van der Waals surface area contributed by atoms with Crippen molar-refractivity contribution in [1.29, 1.82) is 0 Å². The second-order valence-electron chi connectivity index (χ2n) is 4.99. The summed E-state index contributed by atoms with van der Waals surface area (Å²) < 4.78 is 4.92. The van der Waals surface area contributed by atoms with Gasteiger partial charge in [-0.3, -0.25) is 4.79 Å². The van der Waals surface area contributed by atoms with Crippen LogP contribution in [-0.2, 0) is 9.53 Å². The fourth-order valence-corrected chi connectivity index (χ4v) is 1.70. The minimum absolute atomic E-state index is 0.0185. The molecule has 0 radical (unpaired) electrons. The average Bonchev–Trinajstić information content (AvgIpc) is 2.52. The third-order valence-electron chi connectivity index (χ3n) is 2.27. The van der Waals surface area contributed by atoms with E-state index in [-0.39, 0.29) is 11.8 Å². The van der Waals surface area contributed by atoms with Crippen LogP contribution in [0, 0.1) is 17.8 Å². The van der Waals surface area contributed by atoms with Crippen molar-refractivity contribution >= 4 is 5.91 Å². The number of hydrogen-bond acceptors (Lipinski definition) is 2. The lowest BCUT2D eigenvalue weighted by Gasteiger charge is -2.05. The fraction of sp³-hybridized carbons (Fsp3) is 0.917. The van der Waals surface area contributed by atoms with Crippen LogP contribution in [0.15, 0.2) is 0 Å². The van der Waals surface area contributed by atoms with Gasteiger partial charge in [0.05, 0.1) is 12.5 Å². The van der Waals surface area contributed by atoms with E-state index < -0.39 is 0 Å². The number of hydrogen-bond donors (Lipinski definition) is 1. The molecule has 1 saturated heterocycles. The smallest absolute Gasteiger partial charge is 0.222 e. The third-order valence-corrected chi connectivity index (χ3v) is 2.27. The molecule has 90 valence electrons. The van der Waals surface area contributed by atoms with Gasteiger partial charge in [0.1, 0.15) is 0 Å². The molecule has 0 saturated carbocycles. The highest BCUT2D eigenvalue weighted by molar-refractivity contribution is 5.76. The first-order valence-corrected chi connectivity index (χ1v) is 5.80. The molecule has 2 N–H and O–H groups in total. The molecular formula is C12H25NO2. The first-order valence-electron chi connectivity index (χ1n) is 5.80. The van der Waals surface area contributed by atoms with Gasteiger partial charge in [0.15, 0.2) is 0 Å². The Morgan fingerprint density at radius 1 is 1.33 bits per heavy atom. The SMILES string of the molecule is CC(C)CC(C)C.NC(=O)C1CCOC1. The van der Waals surface area contributed by atoms with Crippen LogP contribution >= 0.6 is 0 Å². The first kappa shape index (κ1) is 14.4. The quantitative estimate of drug-likeness (QED) is 0.784. The van der Waals surface area contributed by atoms with E-state index >= 15 is 0 Å². The Balaban J connectivity index is 0.000000265. The van der Waals surface area contributed by atoms with E-state index in [9.17, 15) is 4.79 Å². The van der Waals surface area contributed by atoms with Gasteiger partial charge in [0.2, 0.25) is 5.91 Å². The van der Waals surface area contributed by atoms with Crippen molar-refractivity contribution in [3.63, 3.8) is 0 Å². The molecule has 0 aromatic carbocycles. The highest BCUT2D eigenvalue weighted by Gasteiger charge is 2.20. The maximum atomic E-state index is 10.3. The Hall–Kier alpha value is -0.570. The molecule has 1 atom stereocenters. The Morgan fingerprint density at radius 3 is 2.00 bits per heavy atom. The molecule has 1 rings (SSSR count). The van der Waals surface area contributed by atoms with E-state index in [2.05, 4.69) is 27.7 Å². The van der Waals surface area contributed by atoms with Gasteiger partial charge in [-0.15, -0.1) is 0 Å². The zero-order valence-electron chi connectivity index (χ0n) is 10.5. The molecule has 1 aliphatic heterocycles. The first-order chi connectivity index (χ1) is 6.93. The highest BCUT2D eigenvalue weighted by Crippen LogP contribution is 2.10. The number of nitrogens with two attached hydrogens (primary N) is 1. The molecular weight excluding hydrogens is 190 g/mol. The van der Waals surface area contributed by atoms with E-state index in [1.165, 1.54) is 6.42 Å². The number of carbonyl (C=O) groups is 1. The van der Waals surface area contributed by atoms with Crippen LogP contribution in [0.3, 0.4) is 0 Å². The number of primary amides is 1. The molecule has 15 heavy (non-hydrogen) atoms. The van der Waals surface area contributed by atoms with Gasteiger partial charge in [0, 0.05) is 6.61 Å². The molecule has 0 aliphatic carbocycles. The second kappa shape index (κ2) is 7.69. The molecule has 0 aromatic heterocycles. The summed E-state index contributed by atoms with van der Waals surface area (Å²) in [6, 6.07) is 0. The zero-order chi connectivity index (χ0) is 11.8. The van der Waals surface area contributed by atoms with Gasteiger partial charge < -0.3 is 10.5 Å². The summed E-state index contributed by atoms with van der Waals surface area (Å²) in [5.41, 5.74) is 4.98. The van der Waals surface area contributed by atoms with Gasteiger partial charge in [-0.05, 0) is 24.7 Å². The lowest BCUT2D eigenvalue weighted by atomic mass is 10.0. The number of ether oxygens (including phenoxy) is 1. The number of amides is 1. The Labute approximate surface area is 93.4 Å². The summed E-state index contributed by atoms with van der Waals surface area (Å²) in [6.45, 7) is 10.3. The van der Waals surface area contributed by atoms with Crippen LogP contribution in [0.2, 0.25) is 0 Å². The van der Waals surface area contributed by atoms with Crippen molar-refractivity contribution in [1.82, 2.24) is 0 Å². The molecule has 0 spiro atoms. The molecule has 1 amide bonds. The van der Waals surface area contributed by atoms with Gasteiger partial charge in [0.25, 0.3) is 0 Å². The number of carbonyl (C=O) groups excluding carboxylic acids is 1. The van der Waals surface area contributed by atoms with Gasteiger partial charge in [-0.2, -0.15) is 0 Å². The van der Waals surface area contributed by atoms with E-state index in [1.807, 2.05) is 0 Å². The fourth-order valence-electron chi connectivity index (χ4n) is 1.70. The van der Waals surface area contributed by atoms with Crippen LogP contribution in [-0.4, -0.2) is 19.1 Å². The van der Waals surface area contributed by atoms with Crippen molar-refractivity contribution in [3.05, 3.63) is 0 Å². The van der Waals surface area contributed by atoms with Gasteiger partial charge in [-0.25, -0.2) is 0 Å². The maximum Gasteiger partial charge on any atom is 0.222 e.